The van der Waals surface area contributed by atoms with Crippen LogP contribution < -0.4 is 11.2 Å². The smallest absolute Gasteiger partial charge is 0.278 e. The Hall–Kier alpha value is -2.55. The van der Waals surface area contributed by atoms with Crippen LogP contribution in [-0.2, 0) is 21.9 Å². The van der Waals surface area contributed by atoms with E-state index in [-0.39, 0.29) is 8.87 Å². The molecule has 2 rings (SSSR count). The van der Waals surface area contributed by atoms with Crippen molar-refractivity contribution < 1.29 is 17.6 Å². The molecule has 0 unspecified atom stereocenters. The van der Waals surface area contributed by atoms with Crippen molar-refractivity contribution in [3.05, 3.63) is 57.8 Å². The molecule has 0 saturated carbocycles. The number of carbonyl (C=O) groups is 1. The SMILES string of the molecule is CC(=O)/N=c1\c(F)cn(S(=O)(=O)c2ccc(C)cc2)c(=O)n1C. The first-order chi connectivity index (χ1) is 10.6. The van der Waals surface area contributed by atoms with Crippen molar-refractivity contribution in [2.24, 2.45) is 12.0 Å². The monoisotopic (exact) mass is 339 g/mol. The van der Waals surface area contributed by atoms with E-state index in [1.54, 1.807) is 19.1 Å². The fourth-order valence-corrected chi connectivity index (χ4v) is 3.15. The van der Waals surface area contributed by atoms with E-state index in [9.17, 15) is 22.4 Å². The van der Waals surface area contributed by atoms with Gasteiger partial charge in [-0.05, 0) is 19.1 Å². The maximum atomic E-state index is 14.1. The average Bonchev–Trinajstić information content (AvgIpc) is 2.47. The van der Waals surface area contributed by atoms with Crippen molar-refractivity contribution >= 4 is 15.9 Å². The Labute approximate surface area is 131 Å². The minimum absolute atomic E-state index is 0.152. The summed E-state index contributed by atoms with van der Waals surface area (Å²) in [6.07, 6.45) is 0.513. The molecule has 0 saturated heterocycles. The first-order valence-electron chi connectivity index (χ1n) is 6.50. The highest BCUT2D eigenvalue weighted by Crippen LogP contribution is 2.12. The Balaban J connectivity index is 2.78. The maximum Gasteiger partial charge on any atom is 0.343 e. The number of benzene rings is 1. The molecule has 0 fully saturated rings. The van der Waals surface area contributed by atoms with Gasteiger partial charge in [0.25, 0.3) is 10.0 Å². The molecule has 2 aromatic rings. The Morgan fingerprint density at radius 2 is 1.78 bits per heavy atom. The van der Waals surface area contributed by atoms with Gasteiger partial charge in [-0.15, -0.1) is 0 Å². The normalized spacial score (nSPS) is 12.4. The fourth-order valence-electron chi connectivity index (χ4n) is 1.89. The van der Waals surface area contributed by atoms with Gasteiger partial charge in [0.2, 0.25) is 5.91 Å². The number of carbonyl (C=O) groups excluding carboxylic acids is 1. The summed E-state index contributed by atoms with van der Waals surface area (Å²) < 4.78 is 40.0. The molecule has 0 N–H and O–H groups in total. The summed E-state index contributed by atoms with van der Waals surface area (Å²) >= 11 is 0. The van der Waals surface area contributed by atoms with Crippen molar-refractivity contribution in [3.63, 3.8) is 0 Å². The topological polar surface area (TPSA) is 90.5 Å². The number of hydrogen-bond donors (Lipinski definition) is 0. The van der Waals surface area contributed by atoms with Crippen LogP contribution in [0, 0.1) is 12.7 Å². The van der Waals surface area contributed by atoms with Crippen molar-refractivity contribution in [3.8, 4) is 0 Å². The highest BCUT2D eigenvalue weighted by molar-refractivity contribution is 7.90. The van der Waals surface area contributed by atoms with Crippen LogP contribution in [-0.4, -0.2) is 22.9 Å². The lowest BCUT2D eigenvalue weighted by molar-refractivity contribution is -0.116. The maximum absolute atomic E-state index is 14.1. The summed E-state index contributed by atoms with van der Waals surface area (Å²) in [5.74, 6) is -1.81. The molecule has 1 heterocycles. The van der Waals surface area contributed by atoms with Gasteiger partial charge in [-0.2, -0.15) is 8.96 Å². The molecule has 0 spiro atoms. The first-order valence-corrected chi connectivity index (χ1v) is 7.94. The zero-order chi connectivity index (χ0) is 17.4. The van der Waals surface area contributed by atoms with Crippen LogP contribution in [0.2, 0.25) is 0 Å². The minimum Gasteiger partial charge on any atom is -0.278 e. The van der Waals surface area contributed by atoms with E-state index in [1.807, 2.05) is 0 Å². The van der Waals surface area contributed by atoms with Gasteiger partial charge >= 0.3 is 5.69 Å². The van der Waals surface area contributed by atoms with Gasteiger partial charge in [0.15, 0.2) is 11.3 Å². The summed E-state index contributed by atoms with van der Waals surface area (Å²) in [4.78, 5) is 26.4. The first kappa shape index (κ1) is 16.8. The van der Waals surface area contributed by atoms with Crippen LogP contribution >= 0.6 is 0 Å². The molecule has 0 aliphatic rings. The van der Waals surface area contributed by atoms with Gasteiger partial charge in [0.1, 0.15) is 0 Å². The number of amides is 1. The number of halogens is 1. The molecule has 1 aromatic carbocycles. The van der Waals surface area contributed by atoms with Gasteiger partial charge < -0.3 is 0 Å². The number of hydrogen-bond acceptors (Lipinski definition) is 4. The standard InChI is InChI=1S/C14H14FN3O4S/c1-9-4-6-11(7-5-9)23(21,22)18-8-12(15)13(16-10(2)19)17(3)14(18)20/h4-8H,1-3H3/b16-13+. The molecule has 0 aliphatic heterocycles. The molecule has 7 nitrogen and oxygen atoms in total. The second-order valence-corrected chi connectivity index (χ2v) is 6.70. The molecule has 0 atom stereocenters. The molecule has 122 valence electrons. The van der Waals surface area contributed by atoms with Crippen molar-refractivity contribution in [2.45, 2.75) is 18.7 Å². The average molecular weight is 339 g/mol. The Bertz CT molecular complexity index is 1000. The van der Waals surface area contributed by atoms with Gasteiger partial charge in [-0.25, -0.2) is 17.6 Å². The summed E-state index contributed by atoms with van der Waals surface area (Å²) in [7, 11) is -3.13. The Kier molecular flexibility index (Phi) is 4.33. The van der Waals surface area contributed by atoms with E-state index >= 15 is 0 Å². The Morgan fingerprint density at radius 1 is 1.22 bits per heavy atom. The van der Waals surface area contributed by atoms with E-state index < -0.39 is 32.9 Å². The molecular weight excluding hydrogens is 325 g/mol. The zero-order valence-electron chi connectivity index (χ0n) is 12.6. The van der Waals surface area contributed by atoms with Crippen LogP contribution in [0.25, 0.3) is 0 Å². The number of aromatic nitrogens is 2. The molecular formula is C14H14FN3O4S. The van der Waals surface area contributed by atoms with Crippen LogP contribution in [0.4, 0.5) is 4.39 Å². The van der Waals surface area contributed by atoms with Crippen molar-refractivity contribution in [1.29, 1.82) is 0 Å². The molecule has 9 heteroatoms. The van der Waals surface area contributed by atoms with Gasteiger partial charge in [-0.1, -0.05) is 17.7 Å². The van der Waals surface area contributed by atoms with E-state index in [0.29, 0.717) is 10.8 Å². The molecule has 23 heavy (non-hydrogen) atoms. The zero-order valence-corrected chi connectivity index (χ0v) is 13.5. The fraction of sp³-hybridized carbons (Fsp3) is 0.214. The number of rotatable bonds is 2. The number of nitrogens with zero attached hydrogens (tertiary/aromatic N) is 3. The molecule has 0 bridgehead atoms. The molecule has 0 radical (unpaired) electrons. The number of aryl methyl sites for hydroxylation is 1. The van der Waals surface area contributed by atoms with E-state index in [2.05, 4.69) is 4.99 Å². The van der Waals surface area contributed by atoms with Crippen LogP contribution in [0.1, 0.15) is 12.5 Å². The van der Waals surface area contributed by atoms with Crippen molar-refractivity contribution in [1.82, 2.24) is 8.54 Å². The highest BCUT2D eigenvalue weighted by atomic mass is 32.2. The lowest BCUT2D eigenvalue weighted by atomic mass is 10.2. The Morgan fingerprint density at radius 3 is 2.30 bits per heavy atom. The van der Waals surface area contributed by atoms with E-state index in [0.717, 1.165) is 19.5 Å². The summed E-state index contributed by atoms with van der Waals surface area (Å²) in [6, 6.07) is 5.77. The molecule has 0 aliphatic carbocycles. The second kappa shape index (κ2) is 5.92. The second-order valence-electron chi connectivity index (χ2n) is 4.89. The largest absolute Gasteiger partial charge is 0.343 e. The van der Waals surface area contributed by atoms with Crippen LogP contribution in [0.15, 0.2) is 45.1 Å². The molecule has 1 aromatic heterocycles. The quantitative estimate of drug-likeness (QED) is 0.788. The predicted molar refractivity (Wildman–Crippen MR) is 79.6 cm³/mol. The van der Waals surface area contributed by atoms with Crippen LogP contribution in [0.3, 0.4) is 0 Å². The minimum atomic E-state index is -4.26. The lowest BCUT2D eigenvalue weighted by Crippen LogP contribution is -2.42. The van der Waals surface area contributed by atoms with Gasteiger partial charge in [-0.3, -0.25) is 9.36 Å². The van der Waals surface area contributed by atoms with Crippen molar-refractivity contribution in [2.75, 3.05) is 0 Å². The third-order valence-corrected chi connectivity index (χ3v) is 4.73. The van der Waals surface area contributed by atoms with E-state index in [1.165, 1.54) is 12.1 Å². The third-order valence-electron chi connectivity index (χ3n) is 3.08. The summed E-state index contributed by atoms with van der Waals surface area (Å²) in [5, 5.41) is 0. The lowest BCUT2D eigenvalue weighted by Gasteiger charge is -2.10. The van der Waals surface area contributed by atoms with Crippen LogP contribution in [0.5, 0.6) is 0 Å². The van der Waals surface area contributed by atoms with E-state index in [4.69, 9.17) is 0 Å². The molecule has 1 amide bonds. The summed E-state index contributed by atoms with van der Waals surface area (Å²) in [5.41, 5.74) is -0.728. The van der Waals surface area contributed by atoms with Gasteiger partial charge in [0.05, 0.1) is 11.1 Å². The third kappa shape index (κ3) is 3.14. The predicted octanol–water partition coefficient (Wildman–Crippen LogP) is 0.319. The van der Waals surface area contributed by atoms with Gasteiger partial charge in [0, 0.05) is 14.0 Å². The highest BCUT2D eigenvalue weighted by Gasteiger charge is 2.21. The summed E-state index contributed by atoms with van der Waals surface area (Å²) in [6.45, 7) is 2.87.